The van der Waals surface area contributed by atoms with Crippen LogP contribution in [0.25, 0.3) is 0 Å². The molecule has 19 heavy (non-hydrogen) atoms. The van der Waals surface area contributed by atoms with Crippen LogP contribution < -0.4 is 4.74 Å². The average Bonchev–Trinajstić information content (AvgIpc) is 2.40. The predicted octanol–water partition coefficient (Wildman–Crippen LogP) is 2.33. The van der Waals surface area contributed by atoms with E-state index in [0.717, 1.165) is 5.56 Å². The lowest BCUT2D eigenvalue weighted by Gasteiger charge is -2.12. The van der Waals surface area contributed by atoms with Crippen LogP contribution in [0, 0.1) is 11.3 Å². The summed E-state index contributed by atoms with van der Waals surface area (Å²) in [6.07, 6.45) is 0.931. The highest BCUT2D eigenvalue weighted by atomic mass is 79.9. The summed E-state index contributed by atoms with van der Waals surface area (Å²) < 4.78 is 16.0. The van der Waals surface area contributed by atoms with Gasteiger partial charge in [0, 0.05) is 7.11 Å². The van der Waals surface area contributed by atoms with Gasteiger partial charge >= 0.3 is 0 Å². The maximum atomic E-state index is 11.0. The van der Waals surface area contributed by atoms with Gasteiger partial charge in [0.05, 0.1) is 35.7 Å². The molecule has 0 aliphatic heterocycles. The summed E-state index contributed by atoms with van der Waals surface area (Å²) in [7, 11) is 1.58. The summed E-state index contributed by atoms with van der Waals surface area (Å²) in [4.78, 5) is 11.0. The molecule has 0 N–H and O–H groups in total. The molecule has 0 atom stereocenters. The number of halogens is 1. The monoisotopic (exact) mass is 327 g/mol. The van der Waals surface area contributed by atoms with Crippen LogP contribution in [-0.4, -0.2) is 33.4 Å². The first-order valence-electron chi connectivity index (χ1n) is 5.57. The zero-order valence-corrected chi connectivity index (χ0v) is 12.1. The fourth-order valence-corrected chi connectivity index (χ4v) is 2.05. The standard InChI is InChI=1S/C13H14BrNO4/c1-17-4-5-18-9-19-13-11(8-16)6-10(2-3-15)7-12(13)14/h6-8H,2,4-5,9H2,1H3. The summed E-state index contributed by atoms with van der Waals surface area (Å²) in [5.41, 5.74) is 1.14. The molecule has 102 valence electrons. The van der Waals surface area contributed by atoms with Crippen LogP contribution in [0.4, 0.5) is 0 Å². The number of benzene rings is 1. The maximum absolute atomic E-state index is 11.0. The molecule has 0 fully saturated rings. The van der Waals surface area contributed by atoms with Crippen LogP contribution in [0.15, 0.2) is 16.6 Å². The molecular weight excluding hydrogens is 314 g/mol. The van der Waals surface area contributed by atoms with E-state index in [2.05, 4.69) is 15.9 Å². The molecular formula is C13H14BrNO4. The molecule has 0 bridgehead atoms. The number of nitriles is 1. The Balaban J connectivity index is 2.71. The molecule has 0 saturated carbocycles. The zero-order valence-electron chi connectivity index (χ0n) is 10.5. The Bertz CT molecular complexity index is 470. The Morgan fingerprint density at radius 2 is 2.21 bits per heavy atom. The first-order valence-corrected chi connectivity index (χ1v) is 6.36. The third-order valence-electron chi connectivity index (χ3n) is 2.26. The number of ether oxygens (including phenoxy) is 3. The highest BCUT2D eigenvalue weighted by molar-refractivity contribution is 9.10. The van der Waals surface area contributed by atoms with Crippen molar-refractivity contribution in [3.05, 3.63) is 27.7 Å². The van der Waals surface area contributed by atoms with Crippen LogP contribution in [-0.2, 0) is 15.9 Å². The molecule has 0 unspecified atom stereocenters. The Hall–Kier alpha value is -1.42. The fourth-order valence-electron chi connectivity index (χ4n) is 1.41. The van der Waals surface area contributed by atoms with Gasteiger partial charge in [0.25, 0.3) is 0 Å². The lowest BCUT2D eigenvalue weighted by atomic mass is 10.1. The van der Waals surface area contributed by atoms with Crippen molar-refractivity contribution in [1.82, 2.24) is 0 Å². The minimum Gasteiger partial charge on any atom is -0.466 e. The number of methoxy groups -OCH3 is 1. The van der Waals surface area contributed by atoms with E-state index >= 15 is 0 Å². The third kappa shape index (κ3) is 4.99. The minimum atomic E-state index is 0.0282. The van der Waals surface area contributed by atoms with E-state index in [1.807, 2.05) is 6.07 Å². The molecule has 0 amide bonds. The number of nitrogens with zero attached hydrogens (tertiary/aromatic N) is 1. The van der Waals surface area contributed by atoms with Crippen molar-refractivity contribution in [1.29, 1.82) is 5.26 Å². The van der Waals surface area contributed by atoms with Crippen molar-refractivity contribution in [3.8, 4) is 11.8 Å². The van der Waals surface area contributed by atoms with E-state index in [9.17, 15) is 4.79 Å². The molecule has 1 aromatic rings. The Kier molecular flexibility index (Phi) is 7.11. The van der Waals surface area contributed by atoms with Gasteiger partial charge in [-0.25, -0.2) is 0 Å². The molecule has 0 spiro atoms. The topological polar surface area (TPSA) is 68.6 Å². The number of carbonyl (C=O) groups excluding carboxylic acids is 1. The van der Waals surface area contributed by atoms with E-state index in [-0.39, 0.29) is 13.2 Å². The number of hydrogen-bond acceptors (Lipinski definition) is 5. The quantitative estimate of drug-likeness (QED) is 0.416. The van der Waals surface area contributed by atoms with Gasteiger partial charge in [0.2, 0.25) is 0 Å². The highest BCUT2D eigenvalue weighted by Crippen LogP contribution is 2.30. The van der Waals surface area contributed by atoms with Crippen LogP contribution in [0.5, 0.6) is 5.75 Å². The van der Waals surface area contributed by atoms with Gasteiger partial charge in [-0.05, 0) is 33.6 Å². The zero-order chi connectivity index (χ0) is 14.1. The van der Waals surface area contributed by atoms with Crippen LogP contribution in [0.1, 0.15) is 15.9 Å². The Labute approximate surface area is 120 Å². The first-order chi connectivity index (χ1) is 9.22. The van der Waals surface area contributed by atoms with Crippen molar-refractivity contribution in [2.75, 3.05) is 27.1 Å². The molecule has 0 heterocycles. The van der Waals surface area contributed by atoms with Gasteiger partial charge < -0.3 is 14.2 Å². The molecule has 0 aliphatic rings. The Morgan fingerprint density at radius 1 is 1.42 bits per heavy atom. The van der Waals surface area contributed by atoms with E-state index in [0.29, 0.717) is 35.3 Å². The van der Waals surface area contributed by atoms with Gasteiger partial charge in [-0.3, -0.25) is 4.79 Å². The van der Waals surface area contributed by atoms with Gasteiger partial charge in [-0.15, -0.1) is 0 Å². The Morgan fingerprint density at radius 3 is 2.84 bits per heavy atom. The van der Waals surface area contributed by atoms with Gasteiger partial charge in [-0.2, -0.15) is 5.26 Å². The largest absolute Gasteiger partial charge is 0.466 e. The molecule has 6 heteroatoms. The smallest absolute Gasteiger partial charge is 0.189 e. The normalized spacial score (nSPS) is 9.95. The molecule has 0 radical (unpaired) electrons. The summed E-state index contributed by atoms with van der Waals surface area (Å²) in [5, 5.41) is 8.65. The van der Waals surface area contributed by atoms with Crippen molar-refractivity contribution < 1.29 is 19.0 Å². The lowest BCUT2D eigenvalue weighted by Crippen LogP contribution is -2.09. The SMILES string of the molecule is COCCOCOc1c(Br)cc(CC#N)cc1C=O. The second-order valence-electron chi connectivity index (χ2n) is 3.61. The van der Waals surface area contributed by atoms with Crippen molar-refractivity contribution in [2.24, 2.45) is 0 Å². The van der Waals surface area contributed by atoms with Crippen molar-refractivity contribution in [2.45, 2.75) is 6.42 Å². The van der Waals surface area contributed by atoms with E-state index in [1.165, 1.54) is 0 Å². The number of aldehydes is 1. The van der Waals surface area contributed by atoms with Gasteiger partial charge in [-0.1, -0.05) is 0 Å². The molecule has 5 nitrogen and oxygen atoms in total. The summed E-state index contributed by atoms with van der Waals surface area (Å²) in [6.45, 7) is 0.920. The molecule has 1 aromatic carbocycles. The van der Waals surface area contributed by atoms with Crippen LogP contribution >= 0.6 is 15.9 Å². The van der Waals surface area contributed by atoms with Gasteiger partial charge in [0.15, 0.2) is 13.1 Å². The van der Waals surface area contributed by atoms with Crippen molar-refractivity contribution in [3.63, 3.8) is 0 Å². The average molecular weight is 328 g/mol. The van der Waals surface area contributed by atoms with Crippen LogP contribution in [0.2, 0.25) is 0 Å². The molecule has 0 aromatic heterocycles. The number of carbonyl (C=O) groups is 1. The maximum Gasteiger partial charge on any atom is 0.189 e. The first kappa shape index (κ1) is 15.6. The fraction of sp³-hybridized carbons (Fsp3) is 0.385. The minimum absolute atomic E-state index is 0.0282. The highest BCUT2D eigenvalue weighted by Gasteiger charge is 2.10. The van der Waals surface area contributed by atoms with Gasteiger partial charge in [0.1, 0.15) is 5.75 Å². The molecule has 0 aliphatic carbocycles. The molecule has 1 rings (SSSR count). The number of rotatable bonds is 8. The number of hydrogen-bond donors (Lipinski definition) is 0. The van der Waals surface area contributed by atoms with Crippen molar-refractivity contribution >= 4 is 22.2 Å². The summed E-state index contributed by atoms with van der Waals surface area (Å²) >= 11 is 3.32. The predicted molar refractivity (Wildman–Crippen MR) is 72.2 cm³/mol. The lowest BCUT2D eigenvalue weighted by molar-refractivity contribution is -0.00900. The van der Waals surface area contributed by atoms with E-state index in [4.69, 9.17) is 19.5 Å². The molecule has 0 saturated heterocycles. The van der Waals surface area contributed by atoms with E-state index in [1.54, 1.807) is 19.2 Å². The summed E-state index contributed by atoms with van der Waals surface area (Å²) in [6, 6.07) is 5.41. The van der Waals surface area contributed by atoms with E-state index < -0.39 is 0 Å². The second kappa shape index (κ2) is 8.64. The third-order valence-corrected chi connectivity index (χ3v) is 2.85. The second-order valence-corrected chi connectivity index (χ2v) is 4.47. The van der Waals surface area contributed by atoms with Crippen LogP contribution in [0.3, 0.4) is 0 Å². The summed E-state index contributed by atoms with van der Waals surface area (Å²) in [5.74, 6) is 0.411.